The van der Waals surface area contributed by atoms with E-state index in [4.69, 9.17) is 14.0 Å². The molecule has 1 aliphatic carbocycles. The number of carbonyl (C=O) groups excluding carboxylic acids is 2. The third-order valence-corrected chi connectivity index (χ3v) is 6.37. The molecular weight excluding hydrogens is 468 g/mol. The lowest BCUT2D eigenvalue weighted by atomic mass is 9.94. The van der Waals surface area contributed by atoms with Crippen LogP contribution in [-0.4, -0.2) is 37.8 Å². The van der Waals surface area contributed by atoms with Crippen molar-refractivity contribution in [3.8, 4) is 6.07 Å². The molecule has 3 rings (SSSR count). The Balaban J connectivity index is 0.000000307. The number of hydrogen-bond acceptors (Lipinski definition) is 9. The maximum Gasteiger partial charge on any atom is 0.407 e. The zero-order chi connectivity index (χ0) is 25.6. The molecule has 0 saturated carbocycles. The van der Waals surface area contributed by atoms with E-state index in [-0.39, 0.29) is 12.6 Å². The van der Waals surface area contributed by atoms with Gasteiger partial charge in [-0.1, -0.05) is 23.9 Å². The molecule has 2 heterocycles. The predicted molar refractivity (Wildman–Crippen MR) is 134 cm³/mol. The Hall–Kier alpha value is -3.84. The number of aldehydes is 1. The topological polar surface area (TPSA) is 126 Å². The molecule has 2 N–H and O–H groups in total. The van der Waals surface area contributed by atoms with Gasteiger partial charge in [-0.25, -0.2) is 4.79 Å². The molecule has 0 aromatic carbocycles. The minimum absolute atomic E-state index is 0.174. The highest BCUT2D eigenvalue weighted by molar-refractivity contribution is 7.16. The lowest BCUT2D eigenvalue weighted by Gasteiger charge is -2.22. The van der Waals surface area contributed by atoms with Crippen molar-refractivity contribution in [1.29, 1.82) is 5.26 Å². The lowest BCUT2D eigenvalue weighted by molar-refractivity contribution is -0.107. The Morgan fingerprint density at radius 2 is 2.29 bits per heavy atom. The number of alkyl carbamates (subject to hydrolysis) is 1. The van der Waals surface area contributed by atoms with Crippen molar-refractivity contribution in [2.24, 2.45) is 0 Å². The normalized spacial score (nSPS) is 14.3. The first-order valence-corrected chi connectivity index (χ1v) is 11.8. The summed E-state index contributed by atoms with van der Waals surface area (Å²) in [5, 5.41) is 19.4. The summed E-state index contributed by atoms with van der Waals surface area (Å²) in [4.78, 5) is 23.0. The minimum Gasteiger partial charge on any atom is -0.497 e. The second-order valence-electron chi connectivity index (χ2n) is 7.49. The molecule has 0 bridgehead atoms. The lowest BCUT2D eigenvalue weighted by Crippen LogP contribution is -2.31. The first kappa shape index (κ1) is 27.4. The summed E-state index contributed by atoms with van der Waals surface area (Å²) in [6.07, 6.45) is 8.41. The Morgan fingerprint density at radius 1 is 1.49 bits per heavy atom. The van der Waals surface area contributed by atoms with Crippen molar-refractivity contribution >= 4 is 28.7 Å². The van der Waals surface area contributed by atoms with E-state index in [0.717, 1.165) is 45.7 Å². The van der Waals surface area contributed by atoms with Gasteiger partial charge >= 0.3 is 6.09 Å². The van der Waals surface area contributed by atoms with Gasteiger partial charge < -0.3 is 29.4 Å². The smallest absolute Gasteiger partial charge is 0.407 e. The fourth-order valence-electron chi connectivity index (χ4n) is 3.36. The van der Waals surface area contributed by atoms with Crippen molar-refractivity contribution in [2.75, 3.05) is 19.5 Å². The maximum atomic E-state index is 11.8. The van der Waals surface area contributed by atoms with E-state index in [1.165, 1.54) is 6.20 Å². The highest BCUT2D eigenvalue weighted by Gasteiger charge is 2.27. The number of nitriles is 1. The average molecular weight is 499 g/mol. The summed E-state index contributed by atoms with van der Waals surface area (Å²) >= 11 is 1.56. The highest BCUT2D eigenvalue weighted by atomic mass is 32.1. The Labute approximate surface area is 209 Å². The van der Waals surface area contributed by atoms with Gasteiger partial charge in [-0.2, -0.15) is 5.26 Å². The Bertz CT molecular complexity index is 1080. The van der Waals surface area contributed by atoms with Crippen LogP contribution in [0.25, 0.3) is 0 Å². The Morgan fingerprint density at radius 3 is 2.89 bits per heavy atom. The van der Waals surface area contributed by atoms with Crippen LogP contribution in [0.15, 0.2) is 53.4 Å². The van der Waals surface area contributed by atoms with Crippen LogP contribution in [0.2, 0.25) is 0 Å². The molecule has 0 radical (unpaired) electrons. The van der Waals surface area contributed by atoms with Crippen LogP contribution in [0, 0.1) is 11.3 Å². The van der Waals surface area contributed by atoms with Gasteiger partial charge in [0, 0.05) is 30.8 Å². The second-order valence-corrected chi connectivity index (χ2v) is 8.60. The summed E-state index contributed by atoms with van der Waals surface area (Å²) in [5.74, 6) is 1.24. The molecule has 1 amide bonds. The summed E-state index contributed by atoms with van der Waals surface area (Å²) in [6.45, 7) is 7.57. The number of hydrogen-bond donors (Lipinski definition) is 2. The fourth-order valence-corrected chi connectivity index (χ4v) is 4.57. The SMILES string of the molecule is C=C/C(=C\C(=C)CCC=O)OC.CNc1sc2c(c1C#N)CCC(OC(=O)NCc1ccno1)C2. The number of rotatable bonds is 10. The molecule has 2 aromatic rings. The van der Waals surface area contributed by atoms with E-state index < -0.39 is 6.09 Å². The molecule has 10 heteroatoms. The molecule has 0 spiro atoms. The second kappa shape index (κ2) is 14.4. The minimum atomic E-state index is -0.472. The molecule has 2 aromatic heterocycles. The number of carbonyl (C=O) groups is 2. The van der Waals surface area contributed by atoms with E-state index in [9.17, 15) is 14.9 Å². The van der Waals surface area contributed by atoms with E-state index in [1.807, 2.05) is 7.05 Å². The number of fused-ring (bicyclic) bond motifs is 1. The van der Waals surface area contributed by atoms with Crippen LogP contribution in [0.5, 0.6) is 0 Å². The van der Waals surface area contributed by atoms with Crippen LogP contribution in [0.1, 0.15) is 41.0 Å². The molecule has 186 valence electrons. The van der Waals surface area contributed by atoms with E-state index in [2.05, 4.69) is 35.0 Å². The largest absolute Gasteiger partial charge is 0.497 e. The standard InChI is InChI=1S/C15H16N4O3S.C10H14O2/c1-17-14-12(7-16)11-3-2-9(6-13(11)23-14)21-15(20)18-8-10-4-5-19-22-10;1-4-10(12-3)8-9(2)6-5-7-11/h4-5,9,17H,2-3,6,8H2,1H3,(H,18,20);4,7-8H,1-2,5-6H2,3H3/b;10-8+. The van der Waals surface area contributed by atoms with E-state index in [1.54, 1.807) is 36.7 Å². The van der Waals surface area contributed by atoms with Crippen molar-refractivity contribution in [1.82, 2.24) is 10.5 Å². The zero-order valence-corrected chi connectivity index (χ0v) is 20.8. The number of nitrogens with zero attached hydrogens (tertiary/aromatic N) is 2. The number of ether oxygens (including phenoxy) is 2. The number of amides is 1. The number of allylic oxidation sites excluding steroid dienone is 3. The van der Waals surface area contributed by atoms with Crippen molar-refractivity contribution in [2.45, 2.75) is 44.8 Å². The van der Waals surface area contributed by atoms with Crippen molar-refractivity contribution < 1.29 is 23.6 Å². The fraction of sp³-hybridized carbons (Fsp3) is 0.360. The average Bonchev–Trinajstić information content (AvgIpc) is 3.52. The summed E-state index contributed by atoms with van der Waals surface area (Å²) < 4.78 is 15.3. The summed E-state index contributed by atoms with van der Waals surface area (Å²) in [5.41, 5.74) is 2.68. The number of nitrogens with one attached hydrogen (secondary N) is 2. The monoisotopic (exact) mass is 498 g/mol. The number of anilines is 1. The third kappa shape index (κ3) is 8.46. The van der Waals surface area contributed by atoms with Crippen LogP contribution in [-0.2, 0) is 33.7 Å². The Kier molecular flexibility index (Phi) is 11.3. The number of methoxy groups -OCH3 is 1. The highest BCUT2D eigenvalue weighted by Crippen LogP contribution is 2.38. The van der Waals surface area contributed by atoms with Gasteiger partial charge in [0.15, 0.2) is 5.76 Å². The number of aromatic nitrogens is 1. The van der Waals surface area contributed by atoms with Gasteiger partial charge in [0.25, 0.3) is 0 Å². The van der Waals surface area contributed by atoms with Gasteiger partial charge in [0.1, 0.15) is 29.2 Å². The first-order valence-electron chi connectivity index (χ1n) is 11.0. The molecular formula is C25H30N4O5S. The quantitative estimate of drug-likeness (QED) is 0.275. The summed E-state index contributed by atoms with van der Waals surface area (Å²) in [6, 6.07) is 3.94. The van der Waals surface area contributed by atoms with Crippen LogP contribution >= 0.6 is 11.3 Å². The van der Waals surface area contributed by atoms with Crippen molar-refractivity contribution in [3.63, 3.8) is 0 Å². The molecule has 9 nitrogen and oxygen atoms in total. The first-order chi connectivity index (χ1) is 16.9. The van der Waals surface area contributed by atoms with Crippen LogP contribution < -0.4 is 10.6 Å². The summed E-state index contributed by atoms with van der Waals surface area (Å²) in [7, 11) is 3.38. The van der Waals surface area contributed by atoms with Gasteiger partial charge in [-0.15, -0.1) is 11.3 Å². The van der Waals surface area contributed by atoms with Gasteiger partial charge in [0.2, 0.25) is 0 Å². The molecule has 0 saturated heterocycles. The molecule has 1 aliphatic rings. The van der Waals surface area contributed by atoms with Crippen LogP contribution in [0.3, 0.4) is 0 Å². The third-order valence-electron chi connectivity index (χ3n) is 5.10. The number of thiophene rings is 1. The molecule has 1 atom stereocenters. The molecule has 35 heavy (non-hydrogen) atoms. The van der Waals surface area contributed by atoms with E-state index >= 15 is 0 Å². The molecule has 0 fully saturated rings. The van der Waals surface area contributed by atoms with Crippen molar-refractivity contribution in [3.05, 3.63) is 70.7 Å². The zero-order valence-electron chi connectivity index (χ0n) is 20.0. The van der Waals surface area contributed by atoms with Gasteiger partial charge in [-0.05, 0) is 37.0 Å². The van der Waals surface area contributed by atoms with E-state index in [0.29, 0.717) is 30.8 Å². The van der Waals surface area contributed by atoms with Gasteiger partial charge in [0.05, 0.1) is 25.4 Å². The predicted octanol–water partition coefficient (Wildman–Crippen LogP) is 4.67. The molecule has 0 aliphatic heterocycles. The van der Waals surface area contributed by atoms with Crippen LogP contribution in [0.4, 0.5) is 9.80 Å². The van der Waals surface area contributed by atoms with Gasteiger partial charge in [-0.3, -0.25) is 0 Å². The molecule has 1 unspecified atom stereocenters. The maximum absolute atomic E-state index is 11.8.